The zero-order chi connectivity index (χ0) is 21.3. The lowest BCUT2D eigenvalue weighted by Gasteiger charge is -2.49. The molecule has 1 aromatic carbocycles. The second kappa shape index (κ2) is 8.40. The molecule has 1 N–H and O–H groups in total. The van der Waals surface area contributed by atoms with E-state index in [0.29, 0.717) is 13.2 Å². The number of benzene rings is 1. The molecule has 1 aliphatic heterocycles. The standard InChI is InChI=1S/C23H32N4O3/c1-17-20(22(29)27(25(17)3)19-9-5-4-6-10-19)15-26-13-14-30-23(16-26)12-8-7-11-21(23)24-18(2)28/h4-6,9-10,21H,7-8,11-16H2,1-3H3,(H,24,28)/t21-,23+/m0/s1. The summed E-state index contributed by atoms with van der Waals surface area (Å²) in [5.41, 5.74) is 2.35. The number of aromatic nitrogens is 2. The molecule has 30 heavy (non-hydrogen) atoms. The van der Waals surface area contributed by atoms with Gasteiger partial charge in [0, 0.05) is 39.3 Å². The number of hydrogen-bond donors (Lipinski definition) is 1. The van der Waals surface area contributed by atoms with Crippen LogP contribution in [0.5, 0.6) is 0 Å². The predicted molar refractivity (Wildman–Crippen MR) is 116 cm³/mol. The molecule has 0 unspecified atom stereocenters. The highest BCUT2D eigenvalue weighted by molar-refractivity contribution is 5.73. The average molecular weight is 413 g/mol. The Morgan fingerprint density at radius 1 is 1.27 bits per heavy atom. The van der Waals surface area contributed by atoms with E-state index in [1.165, 1.54) is 0 Å². The number of rotatable bonds is 4. The molecule has 1 saturated heterocycles. The van der Waals surface area contributed by atoms with Crippen LogP contribution in [0.4, 0.5) is 0 Å². The summed E-state index contributed by atoms with van der Waals surface area (Å²) in [7, 11) is 1.93. The van der Waals surface area contributed by atoms with Crippen molar-refractivity contribution in [2.75, 3.05) is 19.7 Å². The summed E-state index contributed by atoms with van der Waals surface area (Å²) < 4.78 is 9.97. The van der Waals surface area contributed by atoms with E-state index in [-0.39, 0.29) is 23.1 Å². The Kier molecular flexibility index (Phi) is 5.84. The highest BCUT2D eigenvalue weighted by Gasteiger charge is 2.45. The molecule has 0 radical (unpaired) electrons. The quantitative estimate of drug-likeness (QED) is 0.835. The first-order chi connectivity index (χ1) is 14.4. The fourth-order valence-corrected chi connectivity index (χ4v) is 5.07. The van der Waals surface area contributed by atoms with Gasteiger partial charge in [-0.2, -0.15) is 0 Å². The lowest BCUT2D eigenvalue weighted by Crippen LogP contribution is -2.63. The molecule has 0 bridgehead atoms. The SMILES string of the molecule is CC(=O)N[C@H]1CCCC[C@@]12CN(Cc1c(C)n(C)n(-c3ccccc3)c1=O)CCO2. The maximum atomic E-state index is 13.3. The van der Waals surface area contributed by atoms with Crippen LogP contribution >= 0.6 is 0 Å². The van der Waals surface area contributed by atoms with Crippen molar-refractivity contribution < 1.29 is 9.53 Å². The van der Waals surface area contributed by atoms with Crippen LogP contribution in [0.3, 0.4) is 0 Å². The van der Waals surface area contributed by atoms with E-state index in [4.69, 9.17) is 4.74 Å². The Morgan fingerprint density at radius 2 is 2.03 bits per heavy atom. The van der Waals surface area contributed by atoms with Crippen LogP contribution in [-0.2, 0) is 23.1 Å². The van der Waals surface area contributed by atoms with Gasteiger partial charge in [-0.3, -0.25) is 19.2 Å². The molecular weight excluding hydrogens is 380 g/mol. The van der Waals surface area contributed by atoms with Gasteiger partial charge in [-0.05, 0) is 31.9 Å². The molecule has 2 atom stereocenters. The van der Waals surface area contributed by atoms with Crippen LogP contribution in [0.2, 0.25) is 0 Å². The highest BCUT2D eigenvalue weighted by Crippen LogP contribution is 2.35. The van der Waals surface area contributed by atoms with Crippen LogP contribution in [-0.4, -0.2) is 51.5 Å². The summed E-state index contributed by atoms with van der Waals surface area (Å²) in [5, 5.41) is 3.12. The minimum atomic E-state index is -0.358. The zero-order valence-corrected chi connectivity index (χ0v) is 18.2. The molecule has 7 heteroatoms. The van der Waals surface area contributed by atoms with Gasteiger partial charge in [0.1, 0.15) is 5.60 Å². The van der Waals surface area contributed by atoms with E-state index in [0.717, 1.165) is 55.7 Å². The van der Waals surface area contributed by atoms with E-state index in [2.05, 4.69) is 10.2 Å². The third-order valence-corrected chi connectivity index (χ3v) is 6.70. The zero-order valence-electron chi connectivity index (χ0n) is 18.2. The van der Waals surface area contributed by atoms with Gasteiger partial charge < -0.3 is 10.1 Å². The number of ether oxygens (including phenoxy) is 1. The summed E-state index contributed by atoms with van der Waals surface area (Å²) in [4.78, 5) is 27.4. The van der Waals surface area contributed by atoms with Gasteiger partial charge in [-0.25, -0.2) is 4.68 Å². The third kappa shape index (κ3) is 3.84. The monoisotopic (exact) mass is 412 g/mol. The molecular formula is C23H32N4O3. The summed E-state index contributed by atoms with van der Waals surface area (Å²) in [6.07, 6.45) is 4.10. The molecule has 1 spiro atoms. The van der Waals surface area contributed by atoms with Crippen LogP contribution in [0.1, 0.15) is 43.9 Å². The van der Waals surface area contributed by atoms with E-state index in [1.807, 2.05) is 49.0 Å². The maximum absolute atomic E-state index is 13.3. The Bertz CT molecular complexity index is 961. The molecule has 162 valence electrons. The summed E-state index contributed by atoms with van der Waals surface area (Å²) in [6, 6.07) is 9.78. The van der Waals surface area contributed by atoms with Crippen molar-refractivity contribution in [3.8, 4) is 5.69 Å². The number of para-hydroxylation sites is 1. The van der Waals surface area contributed by atoms with E-state index < -0.39 is 0 Å². The van der Waals surface area contributed by atoms with Gasteiger partial charge in [0.25, 0.3) is 5.56 Å². The van der Waals surface area contributed by atoms with Crippen molar-refractivity contribution in [1.82, 2.24) is 19.6 Å². The van der Waals surface area contributed by atoms with E-state index in [1.54, 1.807) is 11.6 Å². The van der Waals surface area contributed by atoms with Crippen LogP contribution in [0.25, 0.3) is 5.69 Å². The van der Waals surface area contributed by atoms with E-state index >= 15 is 0 Å². The van der Waals surface area contributed by atoms with Gasteiger partial charge in [0.15, 0.2) is 0 Å². The minimum Gasteiger partial charge on any atom is -0.370 e. The highest BCUT2D eigenvalue weighted by atomic mass is 16.5. The fraction of sp³-hybridized carbons (Fsp3) is 0.565. The normalized spacial score (nSPS) is 24.8. The smallest absolute Gasteiger partial charge is 0.276 e. The molecule has 2 aromatic rings. The number of hydrogen-bond acceptors (Lipinski definition) is 4. The second-order valence-electron chi connectivity index (χ2n) is 8.66. The first kappa shape index (κ1) is 20.9. The molecule has 2 aliphatic rings. The van der Waals surface area contributed by atoms with Gasteiger partial charge >= 0.3 is 0 Å². The largest absolute Gasteiger partial charge is 0.370 e. The molecule has 1 amide bonds. The molecule has 4 rings (SSSR count). The molecule has 7 nitrogen and oxygen atoms in total. The number of nitrogens with zero attached hydrogens (tertiary/aromatic N) is 3. The van der Waals surface area contributed by atoms with Gasteiger partial charge in [0.2, 0.25) is 5.91 Å². The third-order valence-electron chi connectivity index (χ3n) is 6.70. The predicted octanol–water partition coefficient (Wildman–Crippen LogP) is 2.13. The van der Waals surface area contributed by atoms with Gasteiger partial charge in [-0.15, -0.1) is 0 Å². The average Bonchev–Trinajstić information content (AvgIpc) is 2.94. The van der Waals surface area contributed by atoms with Crippen LogP contribution < -0.4 is 10.9 Å². The number of carbonyl (C=O) groups is 1. The maximum Gasteiger partial charge on any atom is 0.276 e. The van der Waals surface area contributed by atoms with Crippen LogP contribution in [0, 0.1) is 6.92 Å². The van der Waals surface area contributed by atoms with Crippen LogP contribution in [0.15, 0.2) is 35.1 Å². The van der Waals surface area contributed by atoms with Crippen molar-refractivity contribution in [1.29, 1.82) is 0 Å². The number of carbonyl (C=O) groups excluding carboxylic acids is 1. The lowest BCUT2D eigenvalue weighted by molar-refractivity contribution is -0.150. The fourth-order valence-electron chi connectivity index (χ4n) is 5.07. The van der Waals surface area contributed by atoms with Crippen molar-refractivity contribution in [2.24, 2.45) is 7.05 Å². The van der Waals surface area contributed by atoms with Crippen molar-refractivity contribution in [3.05, 3.63) is 51.9 Å². The molecule has 1 saturated carbocycles. The first-order valence-electron chi connectivity index (χ1n) is 10.9. The van der Waals surface area contributed by atoms with Crippen molar-refractivity contribution in [3.63, 3.8) is 0 Å². The van der Waals surface area contributed by atoms with Gasteiger partial charge in [0.05, 0.1) is 23.9 Å². The first-order valence-corrected chi connectivity index (χ1v) is 10.9. The molecule has 2 fully saturated rings. The minimum absolute atomic E-state index is 0.00773. The summed E-state index contributed by atoms with van der Waals surface area (Å²) >= 11 is 0. The Balaban J connectivity index is 1.59. The number of amides is 1. The number of morpholine rings is 1. The summed E-state index contributed by atoms with van der Waals surface area (Å²) in [5.74, 6) is -0.00773. The second-order valence-corrected chi connectivity index (χ2v) is 8.66. The number of nitrogens with one attached hydrogen (secondary N) is 1. The molecule has 1 aliphatic carbocycles. The topological polar surface area (TPSA) is 68.5 Å². The lowest BCUT2D eigenvalue weighted by atomic mass is 9.78. The molecule has 2 heterocycles. The molecule has 1 aromatic heterocycles. The van der Waals surface area contributed by atoms with Gasteiger partial charge in [-0.1, -0.05) is 31.0 Å². The summed E-state index contributed by atoms with van der Waals surface area (Å²) in [6.45, 7) is 6.31. The van der Waals surface area contributed by atoms with Crippen molar-refractivity contribution >= 4 is 5.91 Å². The Morgan fingerprint density at radius 3 is 2.77 bits per heavy atom. The Labute approximate surface area is 177 Å². The van der Waals surface area contributed by atoms with E-state index in [9.17, 15) is 9.59 Å². The van der Waals surface area contributed by atoms with Crippen molar-refractivity contribution in [2.45, 2.75) is 57.7 Å². The Hall–Kier alpha value is -2.38.